The molecule has 1 amide bonds. The summed E-state index contributed by atoms with van der Waals surface area (Å²) in [6, 6.07) is 9.64. The smallest absolute Gasteiger partial charge is 0.341 e. The highest BCUT2D eigenvalue weighted by Gasteiger charge is 2.18. The topological polar surface area (TPSA) is 79.2 Å². The summed E-state index contributed by atoms with van der Waals surface area (Å²) >= 11 is 7.19. The first-order chi connectivity index (χ1) is 10.5. The second-order valence-corrected chi connectivity index (χ2v) is 5.68. The maximum atomic E-state index is 12.1. The zero-order chi connectivity index (χ0) is 16.1. The van der Waals surface area contributed by atoms with Gasteiger partial charge in [-0.1, -0.05) is 17.7 Å². The van der Waals surface area contributed by atoms with Gasteiger partial charge in [0.25, 0.3) is 5.91 Å². The highest BCUT2D eigenvalue weighted by molar-refractivity contribution is 7.12. The summed E-state index contributed by atoms with van der Waals surface area (Å²) in [5.41, 5.74) is 0.373. The number of hydrogen-bond donors (Lipinski definition) is 1. The van der Waals surface area contributed by atoms with E-state index in [1.54, 1.807) is 23.6 Å². The van der Waals surface area contributed by atoms with E-state index in [1.165, 1.54) is 36.5 Å². The number of amides is 1. The van der Waals surface area contributed by atoms with E-state index in [0.29, 0.717) is 9.90 Å². The molecule has 0 aliphatic carbocycles. The van der Waals surface area contributed by atoms with Gasteiger partial charge in [0.2, 0.25) is 0 Å². The molecule has 0 spiro atoms. The Morgan fingerprint density at radius 3 is 2.82 bits per heavy atom. The molecule has 0 aliphatic rings. The molecule has 0 saturated carbocycles. The average molecular weight is 335 g/mol. The van der Waals surface area contributed by atoms with Crippen molar-refractivity contribution in [2.24, 2.45) is 0 Å². The fourth-order valence-corrected chi connectivity index (χ4v) is 2.43. The second-order valence-electron chi connectivity index (χ2n) is 4.30. The summed E-state index contributed by atoms with van der Waals surface area (Å²) < 4.78 is 4.95. The molecular formula is C15H11ClN2O3S. The van der Waals surface area contributed by atoms with Crippen LogP contribution in [-0.4, -0.2) is 18.0 Å². The first-order valence-electron chi connectivity index (χ1n) is 6.26. The fraction of sp³-hybridized carbons (Fsp3) is 0.133. The Balaban J connectivity index is 2.26. The summed E-state index contributed by atoms with van der Waals surface area (Å²) in [5, 5.41) is 13.5. The Labute approximate surface area is 136 Å². The van der Waals surface area contributed by atoms with E-state index in [2.05, 4.69) is 5.32 Å². The highest BCUT2D eigenvalue weighted by atomic mass is 35.5. The predicted molar refractivity (Wildman–Crippen MR) is 84.2 cm³/mol. The van der Waals surface area contributed by atoms with Gasteiger partial charge >= 0.3 is 5.97 Å². The van der Waals surface area contributed by atoms with Crippen LogP contribution in [0, 0.1) is 11.3 Å². The monoisotopic (exact) mass is 334 g/mol. The molecule has 0 radical (unpaired) electrons. The van der Waals surface area contributed by atoms with Gasteiger partial charge in [0.05, 0.1) is 16.1 Å². The Bertz CT molecular complexity index is 738. The lowest BCUT2D eigenvalue weighted by Gasteiger charge is -2.11. The summed E-state index contributed by atoms with van der Waals surface area (Å²) in [4.78, 5) is 24.6. The van der Waals surface area contributed by atoms with Crippen molar-refractivity contribution < 1.29 is 14.3 Å². The van der Waals surface area contributed by atoms with E-state index in [0.717, 1.165) is 0 Å². The van der Waals surface area contributed by atoms with Crippen molar-refractivity contribution >= 4 is 40.5 Å². The lowest BCUT2D eigenvalue weighted by molar-refractivity contribution is 0.0437. The number of rotatable bonds is 4. The normalized spacial score (nSPS) is 11.3. The summed E-state index contributed by atoms with van der Waals surface area (Å²) in [5.74, 6) is -1.05. The molecule has 2 aromatic rings. The molecule has 22 heavy (non-hydrogen) atoms. The van der Waals surface area contributed by atoms with Crippen LogP contribution in [0.15, 0.2) is 35.7 Å². The zero-order valence-electron chi connectivity index (χ0n) is 11.5. The van der Waals surface area contributed by atoms with Crippen molar-refractivity contribution in [3.63, 3.8) is 0 Å². The third kappa shape index (κ3) is 3.85. The van der Waals surface area contributed by atoms with E-state index in [9.17, 15) is 9.59 Å². The third-order valence-electron chi connectivity index (χ3n) is 2.66. The molecule has 0 unspecified atom stereocenters. The Hall–Kier alpha value is -2.36. The number of hydrogen-bond acceptors (Lipinski definition) is 5. The quantitative estimate of drug-likeness (QED) is 0.864. The van der Waals surface area contributed by atoms with Gasteiger partial charge in [-0.3, -0.25) is 4.79 Å². The number of nitriles is 1. The maximum absolute atomic E-state index is 12.1. The molecule has 7 heteroatoms. The molecule has 1 aromatic heterocycles. The molecule has 5 nitrogen and oxygen atoms in total. The molecule has 2 rings (SSSR count). The number of carbonyl (C=O) groups excluding carboxylic acids is 2. The van der Waals surface area contributed by atoms with Gasteiger partial charge in [0.1, 0.15) is 6.07 Å². The first-order valence-corrected chi connectivity index (χ1v) is 7.52. The van der Waals surface area contributed by atoms with E-state index in [1.807, 2.05) is 0 Å². The van der Waals surface area contributed by atoms with Crippen LogP contribution in [0.2, 0.25) is 5.02 Å². The van der Waals surface area contributed by atoms with Crippen molar-refractivity contribution in [2.45, 2.75) is 13.0 Å². The van der Waals surface area contributed by atoms with Crippen molar-refractivity contribution in [2.75, 3.05) is 5.32 Å². The molecule has 112 valence electrons. The standard InChI is InChI=1S/C15H11ClN2O3S/c1-9(8-17)21-15(20)11-5-4-10(16)7-12(11)18-14(19)13-3-2-6-22-13/h2-7,9H,1H3,(H,18,19)/t9-/m0/s1. The van der Waals surface area contributed by atoms with Crippen molar-refractivity contribution in [3.05, 3.63) is 51.2 Å². The number of halogens is 1. The number of thiophene rings is 1. The lowest BCUT2D eigenvalue weighted by atomic mass is 10.1. The fourth-order valence-electron chi connectivity index (χ4n) is 1.64. The average Bonchev–Trinajstić information content (AvgIpc) is 3.01. The van der Waals surface area contributed by atoms with Crippen molar-refractivity contribution in [1.82, 2.24) is 0 Å². The number of ether oxygens (including phenoxy) is 1. The SMILES string of the molecule is C[C@@H](C#N)OC(=O)c1ccc(Cl)cc1NC(=O)c1cccs1. The Morgan fingerprint density at radius 2 is 2.18 bits per heavy atom. The van der Waals surface area contributed by atoms with Crippen LogP contribution >= 0.6 is 22.9 Å². The minimum absolute atomic E-state index is 0.136. The molecule has 0 fully saturated rings. The van der Waals surface area contributed by atoms with Gasteiger partial charge in [-0.25, -0.2) is 4.79 Å². The summed E-state index contributed by atoms with van der Waals surface area (Å²) in [6.45, 7) is 1.46. The number of nitrogens with zero attached hydrogens (tertiary/aromatic N) is 1. The van der Waals surface area contributed by atoms with Gasteiger partial charge in [0, 0.05) is 5.02 Å². The second kappa shape index (κ2) is 7.07. The summed E-state index contributed by atoms with van der Waals surface area (Å²) in [7, 11) is 0. The zero-order valence-corrected chi connectivity index (χ0v) is 13.1. The number of esters is 1. The van der Waals surface area contributed by atoms with Gasteiger partial charge < -0.3 is 10.1 Å². The van der Waals surface area contributed by atoms with Crippen LogP contribution in [0.25, 0.3) is 0 Å². The van der Waals surface area contributed by atoms with E-state index in [-0.39, 0.29) is 17.2 Å². The number of benzene rings is 1. The van der Waals surface area contributed by atoms with Gasteiger partial charge in [0.15, 0.2) is 6.10 Å². The highest BCUT2D eigenvalue weighted by Crippen LogP contribution is 2.23. The van der Waals surface area contributed by atoms with Gasteiger partial charge in [-0.05, 0) is 36.6 Å². The molecule has 0 saturated heterocycles. The van der Waals surface area contributed by atoms with E-state index >= 15 is 0 Å². The third-order valence-corrected chi connectivity index (χ3v) is 3.76. The molecular weight excluding hydrogens is 324 g/mol. The van der Waals surface area contributed by atoms with Crippen LogP contribution in [0.3, 0.4) is 0 Å². The number of nitrogens with one attached hydrogen (secondary N) is 1. The van der Waals surface area contributed by atoms with Gasteiger partial charge in [-0.2, -0.15) is 5.26 Å². The van der Waals surface area contributed by atoms with Crippen molar-refractivity contribution in [1.29, 1.82) is 5.26 Å². The van der Waals surface area contributed by atoms with Gasteiger partial charge in [-0.15, -0.1) is 11.3 Å². The lowest BCUT2D eigenvalue weighted by Crippen LogP contribution is -2.17. The van der Waals surface area contributed by atoms with E-state index in [4.69, 9.17) is 21.6 Å². The molecule has 1 aromatic carbocycles. The van der Waals surface area contributed by atoms with Crippen LogP contribution in [0.5, 0.6) is 0 Å². The van der Waals surface area contributed by atoms with Crippen LogP contribution in [-0.2, 0) is 4.74 Å². The molecule has 1 atom stereocenters. The largest absolute Gasteiger partial charge is 0.444 e. The number of anilines is 1. The van der Waals surface area contributed by atoms with Crippen LogP contribution in [0.1, 0.15) is 27.0 Å². The predicted octanol–water partition coefficient (Wildman–Crippen LogP) is 3.72. The maximum Gasteiger partial charge on any atom is 0.341 e. The van der Waals surface area contributed by atoms with Crippen LogP contribution in [0.4, 0.5) is 5.69 Å². The van der Waals surface area contributed by atoms with Crippen LogP contribution < -0.4 is 5.32 Å². The minimum atomic E-state index is -0.885. The first kappa shape index (κ1) is 16.0. The van der Waals surface area contributed by atoms with Crippen molar-refractivity contribution in [3.8, 4) is 6.07 Å². The minimum Gasteiger partial charge on any atom is -0.444 e. The molecule has 0 bridgehead atoms. The molecule has 1 N–H and O–H groups in total. The molecule has 1 heterocycles. The van der Waals surface area contributed by atoms with E-state index < -0.39 is 12.1 Å². The molecule has 0 aliphatic heterocycles. The summed E-state index contributed by atoms with van der Waals surface area (Å²) in [6.07, 6.45) is -0.885. The Morgan fingerprint density at radius 1 is 1.41 bits per heavy atom. The Kier molecular flexibility index (Phi) is 5.15. The number of carbonyl (C=O) groups is 2.